The topological polar surface area (TPSA) is 65.0 Å². The van der Waals surface area contributed by atoms with E-state index in [1.54, 1.807) is 44.2 Å². The van der Waals surface area contributed by atoms with Crippen LogP contribution < -0.4 is 14.2 Å². The highest BCUT2D eigenvalue weighted by Crippen LogP contribution is 2.39. The zero-order valence-corrected chi connectivity index (χ0v) is 12.7. The van der Waals surface area contributed by atoms with Crippen molar-refractivity contribution < 1.29 is 24.1 Å². The Kier molecular flexibility index (Phi) is 6.49. The van der Waals surface area contributed by atoms with Crippen LogP contribution in [0.4, 0.5) is 0 Å². The quantitative estimate of drug-likeness (QED) is 0.496. The molecule has 0 saturated carbocycles. The maximum absolute atomic E-state index is 11.9. The zero-order valence-electron chi connectivity index (χ0n) is 12.7. The summed E-state index contributed by atoms with van der Waals surface area (Å²) in [5.41, 5.74) is 1.25. The molecule has 0 saturated heterocycles. The molecule has 1 N–H and O–H groups in total. The Bertz CT molecular complexity index is 533. The lowest BCUT2D eigenvalue weighted by molar-refractivity contribution is -0.130. The van der Waals surface area contributed by atoms with Crippen LogP contribution in [0.5, 0.6) is 17.2 Å². The Labute approximate surface area is 124 Å². The number of hydrogen-bond acceptors (Lipinski definition) is 5. The molecule has 1 rings (SSSR count). The summed E-state index contributed by atoms with van der Waals surface area (Å²) in [5, 5.41) is 8.82. The number of benzene rings is 1. The van der Waals surface area contributed by atoms with Gasteiger partial charge in [-0.2, -0.15) is 0 Å². The fourth-order valence-electron chi connectivity index (χ4n) is 1.58. The lowest BCUT2D eigenvalue weighted by atomic mass is 10.1. The first-order valence-electron chi connectivity index (χ1n) is 6.45. The third-order valence-corrected chi connectivity index (χ3v) is 2.85. The van der Waals surface area contributed by atoms with E-state index in [4.69, 9.17) is 19.3 Å². The lowest BCUT2D eigenvalue weighted by Gasteiger charge is -2.14. The van der Waals surface area contributed by atoms with Gasteiger partial charge >= 0.3 is 5.97 Å². The number of methoxy groups -OCH3 is 2. The predicted molar refractivity (Wildman–Crippen MR) is 80.7 cm³/mol. The molecule has 5 nitrogen and oxygen atoms in total. The first kappa shape index (κ1) is 16.8. The number of carbonyl (C=O) groups is 1. The van der Waals surface area contributed by atoms with Crippen LogP contribution in [0.15, 0.2) is 29.9 Å². The van der Waals surface area contributed by atoms with Gasteiger partial charge in [-0.1, -0.05) is 18.2 Å². The van der Waals surface area contributed by atoms with E-state index in [-0.39, 0.29) is 12.4 Å². The van der Waals surface area contributed by atoms with Crippen molar-refractivity contribution in [2.24, 2.45) is 0 Å². The fourth-order valence-corrected chi connectivity index (χ4v) is 1.58. The molecular formula is C16H20O5. The van der Waals surface area contributed by atoms with E-state index in [1.165, 1.54) is 14.2 Å². The van der Waals surface area contributed by atoms with Gasteiger partial charge in [0.15, 0.2) is 11.5 Å². The number of aliphatic hydroxyl groups excluding tert-OH is 1. The highest BCUT2D eigenvalue weighted by molar-refractivity contribution is 5.90. The van der Waals surface area contributed by atoms with E-state index in [2.05, 4.69) is 0 Å². The van der Waals surface area contributed by atoms with E-state index in [9.17, 15) is 4.79 Å². The van der Waals surface area contributed by atoms with Crippen LogP contribution in [0, 0.1) is 0 Å². The number of esters is 1. The van der Waals surface area contributed by atoms with Crippen LogP contribution in [0.25, 0.3) is 6.08 Å². The van der Waals surface area contributed by atoms with Crippen molar-refractivity contribution in [3.05, 3.63) is 35.4 Å². The summed E-state index contributed by atoms with van der Waals surface area (Å²) >= 11 is 0. The minimum absolute atomic E-state index is 0.0676. The molecule has 0 unspecified atom stereocenters. The van der Waals surface area contributed by atoms with Crippen LogP contribution in [0.1, 0.15) is 19.4 Å². The second-order valence-corrected chi connectivity index (χ2v) is 4.20. The van der Waals surface area contributed by atoms with Crippen molar-refractivity contribution in [2.75, 3.05) is 20.8 Å². The molecule has 1 aromatic carbocycles. The van der Waals surface area contributed by atoms with Crippen LogP contribution in [0.2, 0.25) is 0 Å². The molecule has 0 aliphatic heterocycles. The minimum atomic E-state index is -0.465. The van der Waals surface area contributed by atoms with Crippen molar-refractivity contribution in [2.45, 2.75) is 13.8 Å². The number of carbonyl (C=O) groups excluding carboxylic acids is 1. The summed E-state index contributed by atoms with van der Waals surface area (Å²) in [5.74, 6) is 0.522. The van der Waals surface area contributed by atoms with Gasteiger partial charge in [0.05, 0.1) is 20.8 Å². The molecule has 0 radical (unpaired) electrons. The van der Waals surface area contributed by atoms with Crippen LogP contribution in [-0.2, 0) is 4.79 Å². The monoisotopic (exact) mass is 292 g/mol. The maximum Gasteiger partial charge on any atom is 0.339 e. The van der Waals surface area contributed by atoms with Gasteiger partial charge < -0.3 is 19.3 Å². The smallest absolute Gasteiger partial charge is 0.339 e. The van der Waals surface area contributed by atoms with Gasteiger partial charge in [-0.3, -0.25) is 0 Å². The van der Waals surface area contributed by atoms with Gasteiger partial charge in [-0.05, 0) is 31.5 Å². The normalized spacial score (nSPS) is 11.6. The summed E-state index contributed by atoms with van der Waals surface area (Å²) in [6.45, 7) is 3.36. The van der Waals surface area contributed by atoms with Crippen LogP contribution >= 0.6 is 0 Å². The standard InChI is InChI=1S/C16H20O5/c1-5-11(2)16(18)21-15-13(19-3)9-12(7-6-8-17)10-14(15)20-4/h5-7,9-10,17H,8H2,1-4H3/b7-6+,11-5-. The van der Waals surface area contributed by atoms with Gasteiger partial charge in [-0.25, -0.2) is 4.79 Å². The van der Waals surface area contributed by atoms with Gasteiger partial charge in [0.2, 0.25) is 5.75 Å². The van der Waals surface area contributed by atoms with Gasteiger partial charge in [0.25, 0.3) is 0 Å². The molecule has 0 aliphatic carbocycles. The largest absolute Gasteiger partial charge is 0.493 e. The molecule has 0 heterocycles. The summed E-state index contributed by atoms with van der Waals surface area (Å²) in [6.07, 6.45) is 4.97. The molecule has 1 aromatic rings. The molecule has 114 valence electrons. The van der Waals surface area contributed by atoms with Gasteiger partial charge in [0, 0.05) is 5.57 Å². The molecule has 0 spiro atoms. The van der Waals surface area contributed by atoms with Crippen molar-refractivity contribution in [3.63, 3.8) is 0 Å². The Morgan fingerprint density at radius 2 is 1.81 bits per heavy atom. The summed E-state index contributed by atoms with van der Waals surface area (Å²) in [7, 11) is 2.96. The van der Waals surface area contributed by atoms with Crippen LogP contribution in [-0.4, -0.2) is 31.9 Å². The number of hydrogen-bond donors (Lipinski definition) is 1. The summed E-state index contributed by atoms with van der Waals surface area (Å²) in [6, 6.07) is 3.39. The number of ether oxygens (including phenoxy) is 3. The second-order valence-electron chi connectivity index (χ2n) is 4.20. The highest BCUT2D eigenvalue weighted by Gasteiger charge is 2.17. The fraction of sp³-hybridized carbons (Fsp3) is 0.312. The first-order valence-corrected chi connectivity index (χ1v) is 6.45. The Morgan fingerprint density at radius 1 is 1.24 bits per heavy atom. The molecule has 0 aromatic heterocycles. The SMILES string of the molecule is C/C=C(/C)C(=O)Oc1c(OC)cc(/C=C/CO)cc1OC. The minimum Gasteiger partial charge on any atom is -0.493 e. The number of rotatable bonds is 6. The Hall–Kier alpha value is -2.27. The van der Waals surface area contributed by atoms with E-state index in [0.29, 0.717) is 17.1 Å². The van der Waals surface area contributed by atoms with Crippen LogP contribution in [0.3, 0.4) is 0 Å². The van der Waals surface area contributed by atoms with E-state index in [0.717, 1.165) is 5.56 Å². The maximum atomic E-state index is 11.9. The molecular weight excluding hydrogens is 272 g/mol. The Morgan fingerprint density at radius 3 is 2.24 bits per heavy atom. The summed E-state index contributed by atoms with van der Waals surface area (Å²) < 4.78 is 15.8. The third kappa shape index (κ3) is 4.36. The molecule has 0 atom stereocenters. The van der Waals surface area contributed by atoms with Crippen molar-refractivity contribution in [3.8, 4) is 17.2 Å². The molecule has 21 heavy (non-hydrogen) atoms. The van der Waals surface area contributed by atoms with Gasteiger partial charge in [0.1, 0.15) is 0 Å². The number of aliphatic hydroxyl groups is 1. The Balaban J connectivity index is 3.24. The average Bonchev–Trinajstić information content (AvgIpc) is 2.52. The lowest BCUT2D eigenvalue weighted by Crippen LogP contribution is -2.10. The van der Waals surface area contributed by atoms with E-state index in [1.807, 2.05) is 0 Å². The van der Waals surface area contributed by atoms with E-state index >= 15 is 0 Å². The highest BCUT2D eigenvalue weighted by atomic mass is 16.6. The van der Waals surface area contributed by atoms with Crippen molar-refractivity contribution >= 4 is 12.0 Å². The predicted octanol–water partition coefficient (Wildman–Crippen LogP) is 2.58. The molecule has 0 amide bonds. The van der Waals surface area contributed by atoms with E-state index < -0.39 is 5.97 Å². The first-order chi connectivity index (χ1) is 10.1. The molecule has 0 fully saturated rings. The van der Waals surface area contributed by atoms with Crippen molar-refractivity contribution in [1.82, 2.24) is 0 Å². The molecule has 5 heteroatoms. The van der Waals surface area contributed by atoms with Crippen molar-refractivity contribution in [1.29, 1.82) is 0 Å². The molecule has 0 bridgehead atoms. The summed E-state index contributed by atoms with van der Waals surface area (Å²) in [4.78, 5) is 11.9. The third-order valence-electron chi connectivity index (χ3n) is 2.85. The molecule has 0 aliphatic rings. The zero-order chi connectivity index (χ0) is 15.8. The average molecular weight is 292 g/mol. The second kappa shape index (κ2) is 8.11. The van der Waals surface area contributed by atoms with Gasteiger partial charge in [-0.15, -0.1) is 0 Å². The number of allylic oxidation sites excluding steroid dienone is 1.